The molecular weight excluding hydrogens is 204 g/mol. The van der Waals surface area contributed by atoms with E-state index in [2.05, 4.69) is 16.2 Å². The molecule has 94 valence electrons. The monoisotopic (exact) mass is 228 g/mol. The summed E-state index contributed by atoms with van der Waals surface area (Å²) in [6.45, 7) is 2.87. The first-order chi connectivity index (χ1) is 7.79. The molecule has 1 aliphatic heterocycles. The quantitative estimate of drug-likeness (QED) is 0.394. The molecule has 0 aliphatic carbocycles. The average Bonchev–Trinajstić information content (AvgIpc) is 2.20. The first-order valence-electron chi connectivity index (χ1n) is 6.15. The van der Waals surface area contributed by atoms with Crippen molar-refractivity contribution in [3.8, 4) is 0 Å². The number of hydrazine groups is 1. The second kappa shape index (κ2) is 7.60. The molecule has 1 saturated heterocycles. The van der Waals surface area contributed by atoms with Crippen molar-refractivity contribution in [1.82, 2.24) is 21.1 Å². The molecule has 1 heterocycles. The molecule has 0 aromatic carbocycles. The van der Waals surface area contributed by atoms with Crippen molar-refractivity contribution in [3.05, 3.63) is 0 Å². The van der Waals surface area contributed by atoms with E-state index in [1.807, 2.05) is 19.0 Å². The van der Waals surface area contributed by atoms with E-state index in [1.165, 1.54) is 0 Å². The lowest BCUT2D eigenvalue weighted by Crippen LogP contribution is -2.54. The van der Waals surface area contributed by atoms with Gasteiger partial charge in [0, 0.05) is 13.1 Å². The van der Waals surface area contributed by atoms with Crippen LogP contribution in [-0.2, 0) is 4.79 Å². The van der Waals surface area contributed by atoms with E-state index >= 15 is 0 Å². The van der Waals surface area contributed by atoms with E-state index in [0.717, 1.165) is 45.3 Å². The number of unbranched alkanes of at least 4 members (excludes halogenated alkanes) is 1. The van der Waals surface area contributed by atoms with Crippen molar-refractivity contribution in [2.75, 3.05) is 33.7 Å². The molecule has 1 rings (SSSR count). The summed E-state index contributed by atoms with van der Waals surface area (Å²) in [6, 6.07) is -0.0674. The number of nitrogens with one attached hydrogen (secondary N) is 3. The molecule has 5 heteroatoms. The number of nitrogens with zero attached hydrogens (tertiary/aromatic N) is 1. The zero-order valence-corrected chi connectivity index (χ0v) is 10.4. The highest BCUT2D eigenvalue weighted by Gasteiger charge is 2.26. The van der Waals surface area contributed by atoms with Crippen LogP contribution in [0.2, 0.25) is 0 Å². The number of carbonyl (C=O) groups is 1. The van der Waals surface area contributed by atoms with Crippen LogP contribution in [0.15, 0.2) is 0 Å². The van der Waals surface area contributed by atoms with Crippen LogP contribution in [0.5, 0.6) is 0 Å². The second-order valence-electron chi connectivity index (χ2n) is 4.23. The molecule has 0 spiro atoms. The lowest BCUT2D eigenvalue weighted by atomic mass is 10.1. The van der Waals surface area contributed by atoms with Gasteiger partial charge < -0.3 is 10.2 Å². The predicted octanol–water partition coefficient (Wildman–Crippen LogP) is -0.299. The maximum absolute atomic E-state index is 12.0. The molecule has 0 saturated carbocycles. The SMILES string of the molecule is CNCCCCC(NNC)C(=O)N1CCC1. The topological polar surface area (TPSA) is 56.4 Å². The van der Waals surface area contributed by atoms with Gasteiger partial charge in [-0.3, -0.25) is 10.2 Å². The lowest BCUT2D eigenvalue weighted by Gasteiger charge is -2.34. The summed E-state index contributed by atoms with van der Waals surface area (Å²) >= 11 is 0. The van der Waals surface area contributed by atoms with Crippen molar-refractivity contribution >= 4 is 5.91 Å². The van der Waals surface area contributed by atoms with Crippen LogP contribution in [0.4, 0.5) is 0 Å². The number of likely N-dealkylation sites (tertiary alicyclic amines) is 1. The van der Waals surface area contributed by atoms with Gasteiger partial charge in [-0.15, -0.1) is 0 Å². The van der Waals surface area contributed by atoms with E-state index in [4.69, 9.17) is 0 Å². The zero-order chi connectivity index (χ0) is 11.8. The maximum Gasteiger partial charge on any atom is 0.241 e. The van der Waals surface area contributed by atoms with Gasteiger partial charge >= 0.3 is 0 Å². The second-order valence-corrected chi connectivity index (χ2v) is 4.23. The Morgan fingerprint density at radius 1 is 1.31 bits per heavy atom. The predicted molar refractivity (Wildman–Crippen MR) is 65.0 cm³/mol. The summed E-state index contributed by atoms with van der Waals surface area (Å²) < 4.78 is 0. The third-order valence-electron chi connectivity index (χ3n) is 2.95. The fourth-order valence-corrected chi connectivity index (χ4v) is 1.84. The average molecular weight is 228 g/mol. The van der Waals surface area contributed by atoms with Gasteiger partial charge in [0.15, 0.2) is 0 Å². The van der Waals surface area contributed by atoms with Crippen molar-refractivity contribution in [1.29, 1.82) is 0 Å². The van der Waals surface area contributed by atoms with Gasteiger partial charge in [-0.2, -0.15) is 0 Å². The third-order valence-corrected chi connectivity index (χ3v) is 2.95. The van der Waals surface area contributed by atoms with Gasteiger partial charge in [0.05, 0.1) is 0 Å². The standard InChI is InChI=1S/C11H24N4O/c1-12-7-4-3-6-10(14-13-2)11(16)15-8-5-9-15/h10,12-14H,3-9H2,1-2H3. The fraction of sp³-hybridized carbons (Fsp3) is 0.909. The molecule has 1 amide bonds. The molecule has 0 bridgehead atoms. The van der Waals surface area contributed by atoms with Crippen molar-refractivity contribution < 1.29 is 4.79 Å². The van der Waals surface area contributed by atoms with E-state index in [1.54, 1.807) is 0 Å². The van der Waals surface area contributed by atoms with E-state index in [9.17, 15) is 4.79 Å². The van der Waals surface area contributed by atoms with E-state index in [-0.39, 0.29) is 11.9 Å². The highest BCUT2D eigenvalue weighted by Crippen LogP contribution is 2.11. The third kappa shape index (κ3) is 4.08. The van der Waals surface area contributed by atoms with Gasteiger partial charge in [0.25, 0.3) is 0 Å². The molecule has 1 fully saturated rings. The van der Waals surface area contributed by atoms with Crippen molar-refractivity contribution in [2.45, 2.75) is 31.7 Å². The molecular formula is C11H24N4O. The number of rotatable bonds is 8. The summed E-state index contributed by atoms with van der Waals surface area (Å²) in [6.07, 6.45) is 4.24. The summed E-state index contributed by atoms with van der Waals surface area (Å²) in [4.78, 5) is 13.9. The Morgan fingerprint density at radius 2 is 2.06 bits per heavy atom. The minimum atomic E-state index is -0.0674. The fourth-order valence-electron chi connectivity index (χ4n) is 1.84. The zero-order valence-electron chi connectivity index (χ0n) is 10.4. The number of amides is 1. The minimum Gasteiger partial charge on any atom is -0.341 e. The molecule has 1 aliphatic rings. The molecule has 5 nitrogen and oxygen atoms in total. The van der Waals surface area contributed by atoms with Crippen LogP contribution in [0.25, 0.3) is 0 Å². The molecule has 1 atom stereocenters. The Kier molecular flexibility index (Phi) is 6.37. The van der Waals surface area contributed by atoms with Gasteiger partial charge in [-0.05, 0) is 39.9 Å². The molecule has 0 radical (unpaired) electrons. The van der Waals surface area contributed by atoms with Crippen LogP contribution in [0.3, 0.4) is 0 Å². The Balaban J connectivity index is 2.25. The Hall–Kier alpha value is -0.650. The van der Waals surface area contributed by atoms with Crippen LogP contribution >= 0.6 is 0 Å². The molecule has 3 N–H and O–H groups in total. The van der Waals surface area contributed by atoms with Crippen LogP contribution < -0.4 is 16.2 Å². The van der Waals surface area contributed by atoms with Gasteiger partial charge in [0.2, 0.25) is 5.91 Å². The van der Waals surface area contributed by atoms with Crippen LogP contribution in [-0.4, -0.2) is 50.6 Å². The highest BCUT2D eigenvalue weighted by molar-refractivity contribution is 5.82. The van der Waals surface area contributed by atoms with Crippen molar-refractivity contribution in [2.24, 2.45) is 0 Å². The summed E-state index contributed by atoms with van der Waals surface area (Å²) in [7, 11) is 3.76. The number of hydrogen-bond donors (Lipinski definition) is 3. The number of hydrogen-bond acceptors (Lipinski definition) is 4. The van der Waals surface area contributed by atoms with E-state index < -0.39 is 0 Å². The normalized spacial score (nSPS) is 17.0. The van der Waals surface area contributed by atoms with E-state index in [0.29, 0.717) is 0 Å². The smallest absolute Gasteiger partial charge is 0.241 e. The molecule has 16 heavy (non-hydrogen) atoms. The summed E-state index contributed by atoms with van der Waals surface area (Å²) in [5, 5.41) is 3.12. The molecule has 1 unspecified atom stereocenters. The van der Waals surface area contributed by atoms with Crippen molar-refractivity contribution in [3.63, 3.8) is 0 Å². The van der Waals surface area contributed by atoms with Gasteiger partial charge in [-0.25, -0.2) is 5.43 Å². The number of carbonyl (C=O) groups excluding carboxylic acids is 1. The molecule has 0 aromatic heterocycles. The largest absolute Gasteiger partial charge is 0.341 e. The first kappa shape index (κ1) is 13.4. The van der Waals surface area contributed by atoms with Crippen LogP contribution in [0, 0.1) is 0 Å². The first-order valence-corrected chi connectivity index (χ1v) is 6.15. The Bertz CT molecular complexity index is 206. The highest BCUT2D eigenvalue weighted by atomic mass is 16.2. The lowest BCUT2D eigenvalue weighted by molar-refractivity contribution is -0.137. The van der Waals surface area contributed by atoms with Gasteiger partial charge in [-0.1, -0.05) is 6.42 Å². The maximum atomic E-state index is 12.0. The summed E-state index contributed by atoms with van der Waals surface area (Å²) in [5.41, 5.74) is 5.93. The summed E-state index contributed by atoms with van der Waals surface area (Å²) in [5.74, 6) is 0.241. The molecule has 0 aromatic rings. The van der Waals surface area contributed by atoms with Crippen LogP contribution in [0.1, 0.15) is 25.7 Å². The van der Waals surface area contributed by atoms with Gasteiger partial charge in [0.1, 0.15) is 6.04 Å². The minimum absolute atomic E-state index is 0.0674. The Morgan fingerprint density at radius 3 is 2.56 bits per heavy atom. The Labute approximate surface area is 97.9 Å².